The number of hydrogen-bond donors (Lipinski definition) is 1. The number of aliphatic hydroxyl groups is 1. The maximum Gasteiger partial charge on any atom is 0.295 e. The fraction of sp³-hybridized carbons (Fsp3) is 0.360. The normalized spacial score (nSPS) is 18.0. The topological polar surface area (TPSA) is 66.8 Å². The Balaban J connectivity index is 2.28. The highest BCUT2D eigenvalue weighted by Gasteiger charge is 2.46. The lowest BCUT2D eigenvalue weighted by Gasteiger charge is -2.25. The molecular weight excluding hydrogens is 449 g/mol. The lowest BCUT2D eigenvalue weighted by Crippen LogP contribution is -2.30. The Kier molecular flexibility index (Phi) is 7.21. The summed E-state index contributed by atoms with van der Waals surface area (Å²) in [6.07, 6.45) is 0.657. The van der Waals surface area contributed by atoms with E-state index in [9.17, 15) is 14.7 Å². The number of aliphatic hydroxyl groups excluding tert-OH is 1. The second-order valence-electron chi connectivity index (χ2n) is 8.23. The second-order valence-corrected chi connectivity index (χ2v) is 9.04. The Morgan fingerprint density at radius 2 is 1.84 bits per heavy atom. The second kappa shape index (κ2) is 9.55. The Morgan fingerprint density at radius 3 is 2.41 bits per heavy atom. The maximum atomic E-state index is 13.1. The van der Waals surface area contributed by atoms with Crippen molar-refractivity contribution in [1.29, 1.82) is 0 Å². The van der Waals surface area contributed by atoms with Crippen molar-refractivity contribution in [2.75, 3.05) is 13.7 Å². The van der Waals surface area contributed by atoms with E-state index in [1.165, 1.54) is 4.90 Å². The van der Waals surface area contributed by atoms with Gasteiger partial charge in [-0.2, -0.15) is 0 Å². The maximum absolute atomic E-state index is 13.1. The monoisotopic (exact) mass is 475 g/mol. The number of amides is 1. The molecule has 0 bridgehead atoms. The number of nitrogens with zero attached hydrogens (tertiary/aromatic N) is 1. The van der Waals surface area contributed by atoms with Crippen LogP contribution in [0.1, 0.15) is 61.4 Å². The summed E-state index contributed by atoms with van der Waals surface area (Å²) in [6.45, 7) is 8.16. The summed E-state index contributed by atoms with van der Waals surface area (Å²) in [5, 5.41) is 12.1. The Morgan fingerprint density at radius 1 is 1.16 bits per heavy atom. The minimum atomic E-state index is -0.756. The van der Waals surface area contributed by atoms with Crippen LogP contribution in [0.3, 0.4) is 0 Å². The number of benzene rings is 2. The average molecular weight is 476 g/mol. The number of Topliss-reactive ketones (excluding diaryl/α,β-unsaturated/α-hetero) is 1. The van der Waals surface area contributed by atoms with E-state index in [4.69, 9.17) is 27.9 Å². The first-order chi connectivity index (χ1) is 15.1. The zero-order valence-corrected chi connectivity index (χ0v) is 20.3. The molecule has 5 nitrogen and oxygen atoms in total. The molecule has 1 fully saturated rings. The van der Waals surface area contributed by atoms with Crippen LogP contribution in [0.15, 0.2) is 35.9 Å². The van der Waals surface area contributed by atoms with Gasteiger partial charge in [-0.05, 0) is 60.2 Å². The third-order valence-corrected chi connectivity index (χ3v) is 6.46. The molecule has 1 aliphatic heterocycles. The highest BCUT2D eigenvalue weighted by molar-refractivity contribution is 6.47. The van der Waals surface area contributed by atoms with Crippen LogP contribution in [-0.4, -0.2) is 35.4 Å². The molecule has 0 aromatic heterocycles. The summed E-state index contributed by atoms with van der Waals surface area (Å²) in [4.78, 5) is 27.5. The van der Waals surface area contributed by atoms with Gasteiger partial charge in [0.25, 0.3) is 11.7 Å². The minimum Gasteiger partial charge on any atom is -0.507 e. The molecule has 3 rings (SSSR count). The smallest absolute Gasteiger partial charge is 0.295 e. The molecule has 0 aliphatic carbocycles. The molecule has 1 amide bonds. The molecule has 170 valence electrons. The summed E-state index contributed by atoms with van der Waals surface area (Å²) >= 11 is 12.3. The molecule has 1 atom stereocenters. The number of likely N-dealkylation sites (tertiary alicyclic amines) is 1. The van der Waals surface area contributed by atoms with Gasteiger partial charge in [0.2, 0.25) is 0 Å². The molecule has 1 unspecified atom stereocenters. The number of halogens is 2. The number of aryl methyl sites for hydroxylation is 1. The first-order valence-electron chi connectivity index (χ1n) is 10.5. The Labute approximate surface area is 198 Å². The predicted octanol–water partition coefficient (Wildman–Crippen LogP) is 6.27. The molecule has 0 saturated carbocycles. The molecule has 1 aliphatic rings. The molecule has 1 heterocycles. The van der Waals surface area contributed by atoms with E-state index in [0.29, 0.717) is 39.9 Å². The third kappa shape index (κ3) is 4.24. The van der Waals surface area contributed by atoms with E-state index < -0.39 is 17.7 Å². The predicted molar refractivity (Wildman–Crippen MR) is 128 cm³/mol. The van der Waals surface area contributed by atoms with Gasteiger partial charge in [0.1, 0.15) is 11.5 Å². The zero-order chi connectivity index (χ0) is 23.7. The number of rotatable bonds is 6. The number of ketones is 1. The fourth-order valence-corrected chi connectivity index (χ4v) is 4.41. The summed E-state index contributed by atoms with van der Waals surface area (Å²) in [6, 6.07) is 7.89. The quantitative estimate of drug-likeness (QED) is 0.303. The Hall–Kier alpha value is -2.50. The van der Waals surface area contributed by atoms with Gasteiger partial charge in [-0.15, -0.1) is 0 Å². The van der Waals surface area contributed by atoms with Gasteiger partial charge < -0.3 is 14.7 Å². The van der Waals surface area contributed by atoms with Crippen molar-refractivity contribution in [3.05, 3.63) is 68.2 Å². The van der Waals surface area contributed by atoms with Gasteiger partial charge in [0.15, 0.2) is 0 Å². The number of hydrogen-bond acceptors (Lipinski definition) is 4. The van der Waals surface area contributed by atoms with Crippen molar-refractivity contribution in [1.82, 2.24) is 4.90 Å². The minimum absolute atomic E-state index is 0.0461. The summed E-state index contributed by atoms with van der Waals surface area (Å²) in [5.74, 6) is -0.722. The number of ether oxygens (including phenoxy) is 1. The van der Waals surface area contributed by atoms with Gasteiger partial charge in [0, 0.05) is 12.1 Å². The first-order valence-corrected chi connectivity index (χ1v) is 11.3. The van der Waals surface area contributed by atoms with Crippen LogP contribution in [0.25, 0.3) is 5.76 Å². The van der Waals surface area contributed by atoms with Gasteiger partial charge in [-0.1, -0.05) is 50.0 Å². The molecule has 32 heavy (non-hydrogen) atoms. The lowest BCUT2D eigenvalue weighted by atomic mass is 9.91. The highest BCUT2D eigenvalue weighted by atomic mass is 35.5. The standard InChI is InChI=1S/C25H27Cl2NO4/c1-6-9-28-22(15-7-8-18(26)19(27)11-15)21(24(30)25(28)31)23(29)17-12-16(13(2)3)20(32-5)10-14(17)4/h7-8,10-13,22,29H,6,9H2,1-5H3/b23-21+. The molecule has 2 aromatic carbocycles. The van der Waals surface area contributed by atoms with Crippen LogP contribution in [0.5, 0.6) is 5.75 Å². The van der Waals surface area contributed by atoms with Gasteiger partial charge in [0.05, 0.1) is 28.8 Å². The number of carbonyl (C=O) groups excluding carboxylic acids is 2. The molecular formula is C25H27Cl2NO4. The first kappa shape index (κ1) is 24.1. The van der Waals surface area contributed by atoms with E-state index in [1.54, 1.807) is 25.3 Å². The average Bonchev–Trinajstić information content (AvgIpc) is 3.00. The summed E-state index contributed by atoms with van der Waals surface area (Å²) < 4.78 is 5.50. The SMILES string of the molecule is CCCN1C(=O)C(=O)/C(=C(/O)c2cc(C(C)C)c(OC)cc2C)C1c1ccc(Cl)c(Cl)c1. The Bertz CT molecular complexity index is 1110. The van der Waals surface area contributed by atoms with Crippen molar-refractivity contribution in [3.8, 4) is 5.75 Å². The van der Waals surface area contributed by atoms with Gasteiger partial charge in [-0.3, -0.25) is 9.59 Å². The molecule has 7 heteroatoms. The van der Waals surface area contributed by atoms with Gasteiger partial charge >= 0.3 is 0 Å². The molecule has 2 aromatic rings. The van der Waals surface area contributed by atoms with E-state index >= 15 is 0 Å². The fourth-order valence-electron chi connectivity index (χ4n) is 4.11. The van der Waals surface area contributed by atoms with Crippen LogP contribution >= 0.6 is 23.2 Å². The van der Waals surface area contributed by atoms with Crippen LogP contribution in [0.4, 0.5) is 0 Å². The number of carbonyl (C=O) groups is 2. The largest absolute Gasteiger partial charge is 0.507 e. The zero-order valence-electron chi connectivity index (χ0n) is 18.8. The number of methoxy groups -OCH3 is 1. The van der Waals surface area contributed by atoms with Crippen molar-refractivity contribution >= 4 is 40.7 Å². The lowest BCUT2D eigenvalue weighted by molar-refractivity contribution is -0.139. The highest BCUT2D eigenvalue weighted by Crippen LogP contribution is 2.42. The van der Waals surface area contributed by atoms with Crippen molar-refractivity contribution in [3.63, 3.8) is 0 Å². The van der Waals surface area contributed by atoms with Crippen LogP contribution in [-0.2, 0) is 9.59 Å². The van der Waals surface area contributed by atoms with Crippen molar-refractivity contribution < 1.29 is 19.4 Å². The van der Waals surface area contributed by atoms with Crippen molar-refractivity contribution in [2.24, 2.45) is 0 Å². The van der Waals surface area contributed by atoms with Crippen LogP contribution in [0.2, 0.25) is 10.0 Å². The van der Waals surface area contributed by atoms with Crippen molar-refractivity contribution in [2.45, 2.75) is 46.1 Å². The molecule has 0 radical (unpaired) electrons. The van der Waals surface area contributed by atoms with Crippen LogP contribution < -0.4 is 4.74 Å². The van der Waals surface area contributed by atoms with Gasteiger partial charge in [-0.25, -0.2) is 0 Å². The summed E-state index contributed by atoms with van der Waals surface area (Å²) in [7, 11) is 1.60. The molecule has 1 saturated heterocycles. The van der Waals surface area contributed by atoms with E-state index in [1.807, 2.05) is 39.8 Å². The van der Waals surface area contributed by atoms with E-state index in [2.05, 4.69) is 0 Å². The summed E-state index contributed by atoms with van der Waals surface area (Å²) in [5.41, 5.74) is 2.79. The molecule has 0 spiro atoms. The van der Waals surface area contributed by atoms with Crippen LogP contribution in [0, 0.1) is 6.92 Å². The third-order valence-electron chi connectivity index (χ3n) is 5.72. The van der Waals surface area contributed by atoms with E-state index in [-0.39, 0.29) is 17.3 Å². The van der Waals surface area contributed by atoms with E-state index in [0.717, 1.165) is 11.1 Å². The molecule has 1 N–H and O–H groups in total.